The van der Waals surface area contributed by atoms with E-state index in [1.54, 1.807) is 0 Å². The van der Waals surface area contributed by atoms with Crippen LogP contribution in [0.5, 0.6) is 0 Å². The summed E-state index contributed by atoms with van der Waals surface area (Å²) in [5.41, 5.74) is 6.03. The fraction of sp³-hybridized carbons (Fsp3) is 0.644. The van der Waals surface area contributed by atoms with Gasteiger partial charge in [-0.2, -0.15) is 0 Å². The number of Topliss-reactive ketones (excluding diaryl/α,β-unsaturated/α-hetero) is 4. The minimum absolute atomic E-state index is 0.0491. The first-order chi connectivity index (χ1) is 23.5. The molecule has 2 aromatic carbocycles. The van der Waals surface area contributed by atoms with Gasteiger partial charge in [0.2, 0.25) is 0 Å². The van der Waals surface area contributed by atoms with Crippen LogP contribution in [0.25, 0.3) is 0 Å². The van der Waals surface area contributed by atoms with Crippen molar-refractivity contribution < 1.29 is 19.2 Å². The molecule has 264 valence electrons. The first kappa shape index (κ1) is 35.9. The second-order valence-electron chi connectivity index (χ2n) is 17.2. The molecule has 2 unspecified atom stereocenters. The van der Waals surface area contributed by atoms with Crippen LogP contribution in [0.4, 0.5) is 0 Å². The van der Waals surface area contributed by atoms with E-state index in [4.69, 9.17) is 0 Å². The Bertz CT molecular complexity index is 1530. The van der Waals surface area contributed by atoms with Gasteiger partial charge >= 0.3 is 0 Å². The number of aryl methyl sites for hydroxylation is 3. The predicted molar refractivity (Wildman–Crippen MR) is 197 cm³/mol. The fourth-order valence-corrected chi connectivity index (χ4v) is 10.5. The summed E-state index contributed by atoms with van der Waals surface area (Å²) in [5, 5.41) is 0. The number of carbonyl (C=O) groups excluding carboxylic acids is 4. The van der Waals surface area contributed by atoms with Gasteiger partial charge in [-0.1, -0.05) is 75.4 Å². The van der Waals surface area contributed by atoms with Crippen molar-refractivity contribution in [1.29, 1.82) is 0 Å². The molecule has 4 aliphatic rings. The van der Waals surface area contributed by atoms with Crippen molar-refractivity contribution in [2.75, 3.05) is 0 Å². The molecule has 0 aromatic heterocycles. The minimum Gasteiger partial charge on any atom is -0.299 e. The van der Waals surface area contributed by atoms with E-state index in [1.807, 2.05) is 13.0 Å². The average molecular weight is 665 g/mol. The lowest BCUT2D eigenvalue weighted by Crippen LogP contribution is -2.41. The summed E-state index contributed by atoms with van der Waals surface area (Å²) in [5.74, 6) is 2.49. The van der Waals surface area contributed by atoms with Gasteiger partial charge in [0.15, 0.2) is 0 Å². The molecule has 6 rings (SSSR count). The Hall–Kier alpha value is -2.88. The van der Waals surface area contributed by atoms with E-state index in [2.05, 4.69) is 51.1 Å². The Labute approximate surface area is 295 Å². The Balaban J connectivity index is 1.12. The molecule has 0 bridgehead atoms. The average Bonchev–Trinajstić information content (AvgIpc) is 3.10. The molecule has 0 radical (unpaired) electrons. The van der Waals surface area contributed by atoms with E-state index >= 15 is 0 Å². The summed E-state index contributed by atoms with van der Waals surface area (Å²) in [6, 6.07) is 12.6. The molecule has 0 amide bonds. The molecule has 4 aliphatic carbocycles. The lowest BCUT2D eigenvalue weighted by Gasteiger charge is -2.39. The van der Waals surface area contributed by atoms with Crippen LogP contribution in [0, 0.1) is 61.7 Å². The van der Waals surface area contributed by atoms with Crippen molar-refractivity contribution in [3.05, 3.63) is 69.8 Å². The highest BCUT2D eigenvalue weighted by Crippen LogP contribution is 2.45. The van der Waals surface area contributed by atoms with E-state index in [-0.39, 0.29) is 47.9 Å². The molecule has 0 aliphatic heterocycles. The monoisotopic (exact) mass is 664 g/mol. The topological polar surface area (TPSA) is 68.3 Å². The quantitative estimate of drug-likeness (QED) is 0.240. The summed E-state index contributed by atoms with van der Waals surface area (Å²) in [4.78, 5) is 55.6. The van der Waals surface area contributed by atoms with Crippen molar-refractivity contribution in [2.45, 2.75) is 143 Å². The van der Waals surface area contributed by atoms with Gasteiger partial charge in [0, 0.05) is 48.9 Å². The smallest absolute Gasteiger partial charge is 0.142 e. The molecular weight excluding hydrogens is 604 g/mol. The van der Waals surface area contributed by atoms with Crippen LogP contribution in [-0.4, -0.2) is 23.1 Å². The van der Waals surface area contributed by atoms with Crippen LogP contribution in [0.1, 0.15) is 137 Å². The summed E-state index contributed by atoms with van der Waals surface area (Å²) in [6.45, 7) is 8.17. The highest BCUT2D eigenvalue weighted by Gasteiger charge is 2.44. The third-order valence-corrected chi connectivity index (χ3v) is 13.7. The normalized spacial score (nSPS) is 27.6. The molecule has 2 atom stereocenters. The van der Waals surface area contributed by atoms with Gasteiger partial charge in [0.25, 0.3) is 0 Å². The molecule has 0 heterocycles. The molecule has 2 aromatic rings. The maximum absolute atomic E-state index is 14.5. The number of hydrogen-bond acceptors (Lipinski definition) is 4. The number of fused-ring (bicyclic) bond motifs is 1. The maximum atomic E-state index is 14.5. The lowest BCUT2D eigenvalue weighted by atomic mass is 9.64. The highest BCUT2D eigenvalue weighted by atomic mass is 16.1. The van der Waals surface area contributed by atoms with E-state index in [0.717, 1.165) is 80.8 Å². The molecule has 49 heavy (non-hydrogen) atoms. The largest absolute Gasteiger partial charge is 0.299 e. The SMILES string of the molecule is Cc1cc(C)c(CC(=O)CC(C)(CC(=O)C2CCC(C3Cc4ccccc4CC3=O)CC2)C(=O)C2CCC(C3CCCCC3)CC2)cc1C. The molecule has 0 N–H and O–H groups in total. The van der Waals surface area contributed by atoms with E-state index in [1.165, 1.54) is 54.4 Å². The third-order valence-electron chi connectivity index (χ3n) is 13.7. The Kier molecular flexibility index (Phi) is 11.4. The van der Waals surface area contributed by atoms with Crippen molar-refractivity contribution in [3.8, 4) is 0 Å². The molecule has 4 heteroatoms. The van der Waals surface area contributed by atoms with Gasteiger partial charge in [0.05, 0.1) is 0 Å². The van der Waals surface area contributed by atoms with Crippen LogP contribution in [0.2, 0.25) is 0 Å². The van der Waals surface area contributed by atoms with Crippen LogP contribution in [-0.2, 0) is 38.4 Å². The standard InChI is InChI=1S/C45H60O4/c1-29-22-31(3)39(23-30(29)2)24-40(46)27-45(4,44(49)36-20-14-33(15-21-36)32-10-6-5-7-11-32)28-43(48)35-18-16-34(17-19-35)41-25-37-12-8-9-13-38(37)26-42(41)47/h8-9,12-13,22-23,32-36,41H,5-7,10-11,14-21,24-28H2,1-4H3. The molecule has 0 saturated heterocycles. The molecule has 3 fully saturated rings. The van der Waals surface area contributed by atoms with E-state index in [9.17, 15) is 19.2 Å². The summed E-state index contributed by atoms with van der Waals surface area (Å²) >= 11 is 0. The first-order valence-electron chi connectivity index (χ1n) is 19.8. The summed E-state index contributed by atoms with van der Waals surface area (Å²) < 4.78 is 0. The fourth-order valence-electron chi connectivity index (χ4n) is 10.5. The molecule has 4 nitrogen and oxygen atoms in total. The summed E-state index contributed by atoms with van der Waals surface area (Å²) in [6.07, 6.45) is 16.0. The molecular formula is C45H60O4. The van der Waals surface area contributed by atoms with Crippen LogP contribution < -0.4 is 0 Å². The zero-order valence-corrected chi connectivity index (χ0v) is 30.8. The van der Waals surface area contributed by atoms with Crippen molar-refractivity contribution >= 4 is 23.1 Å². The van der Waals surface area contributed by atoms with Gasteiger partial charge in [0.1, 0.15) is 23.1 Å². The number of benzene rings is 2. The van der Waals surface area contributed by atoms with Crippen molar-refractivity contribution in [1.82, 2.24) is 0 Å². The number of ketones is 4. The van der Waals surface area contributed by atoms with Crippen molar-refractivity contribution in [2.24, 2.45) is 40.9 Å². The predicted octanol–water partition coefficient (Wildman–Crippen LogP) is 9.83. The van der Waals surface area contributed by atoms with Gasteiger partial charge in [-0.25, -0.2) is 0 Å². The Morgan fingerprint density at radius 1 is 0.673 bits per heavy atom. The second-order valence-corrected chi connectivity index (χ2v) is 17.2. The van der Waals surface area contributed by atoms with Crippen LogP contribution in [0.3, 0.4) is 0 Å². The number of hydrogen-bond donors (Lipinski definition) is 0. The Morgan fingerprint density at radius 3 is 1.96 bits per heavy atom. The van der Waals surface area contributed by atoms with Gasteiger partial charge in [-0.15, -0.1) is 0 Å². The zero-order valence-electron chi connectivity index (χ0n) is 30.8. The van der Waals surface area contributed by atoms with Crippen LogP contribution in [0.15, 0.2) is 36.4 Å². The van der Waals surface area contributed by atoms with E-state index in [0.29, 0.717) is 24.5 Å². The lowest BCUT2D eigenvalue weighted by molar-refractivity contribution is -0.142. The highest BCUT2D eigenvalue weighted by molar-refractivity contribution is 5.97. The summed E-state index contributed by atoms with van der Waals surface area (Å²) in [7, 11) is 0. The Morgan fingerprint density at radius 2 is 1.27 bits per heavy atom. The zero-order chi connectivity index (χ0) is 34.7. The third kappa shape index (κ3) is 8.37. The van der Waals surface area contributed by atoms with Gasteiger partial charge in [-0.3, -0.25) is 19.2 Å². The number of carbonyl (C=O) groups is 4. The number of rotatable bonds is 11. The van der Waals surface area contributed by atoms with E-state index < -0.39 is 5.41 Å². The second kappa shape index (κ2) is 15.6. The first-order valence-corrected chi connectivity index (χ1v) is 19.8. The van der Waals surface area contributed by atoms with Gasteiger partial charge < -0.3 is 0 Å². The van der Waals surface area contributed by atoms with Gasteiger partial charge in [-0.05, 0) is 130 Å². The van der Waals surface area contributed by atoms with Crippen molar-refractivity contribution in [3.63, 3.8) is 0 Å². The minimum atomic E-state index is -0.968. The maximum Gasteiger partial charge on any atom is 0.142 e. The van der Waals surface area contributed by atoms with Crippen LogP contribution >= 0.6 is 0 Å². The molecule has 0 spiro atoms. The molecule has 3 saturated carbocycles.